The SMILES string of the molecule is Cc1cc2c3c(ccc4cccc(c43)C2(C)C)c1. The van der Waals surface area contributed by atoms with Crippen molar-refractivity contribution in [2.45, 2.75) is 26.2 Å². The van der Waals surface area contributed by atoms with Crippen LogP contribution in [0.5, 0.6) is 0 Å². The molecule has 0 N–H and O–H groups in total. The average Bonchev–Trinajstić information content (AvgIpc) is 2.57. The molecule has 0 heterocycles. The fourth-order valence-corrected chi connectivity index (χ4v) is 3.55. The molecule has 0 bridgehead atoms. The van der Waals surface area contributed by atoms with Gasteiger partial charge < -0.3 is 0 Å². The Labute approximate surface area is 107 Å². The molecule has 0 nitrogen and oxygen atoms in total. The van der Waals surface area contributed by atoms with Crippen molar-refractivity contribution in [3.05, 3.63) is 59.2 Å². The lowest BCUT2D eigenvalue weighted by Crippen LogP contribution is -2.15. The van der Waals surface area contributed by atoms with E-state index in [1.165, 1.54) is 38.2 Å². The highest BCUT2D eigenvalue weighted by Crippen LogP contribution is 2.48. The molecule has 0 saturated heterocycles. The third-order valence-electron chi connectivity index (χ3n) is 4.45. The number of rotatable bonds is 0. The van der Waals surface area contributed by atoms with Crippen LogP contribution in [0.1, 0.15) is 30.5 Å². The predicted molar refractivity (Wildman–Crippen MR) is 78.3 cm³/mol. The molecule has 0 unspecified atom stereocenters. The summed E-state index contributed by atoms with van der Waals surface area (Å²) in [6.07, 6.45) is 0. The van der Waals surface area contributed by atoms with Gasteiger partial charge in [0.05, 0.1) is 0 Å². The van der Waals surface area contributed by atoms with Crippen LogP contribution in [0.4, 0.5) is 0 Å². The van der Waals surface area contributed by atoms with Crippen LogP contribution < -0.4 is 0 Å². The Morgan fingerprint density at radius 3 is 2.33 bits per heavy atom. The summed E-state index contributed by atoms with van der Waals surface area (Å²) < 4.78 is 0. The molecular formula is C18H16. The second-order valence-corrected chi connectivity index (χ2v) is 6.00. The average molecular weight is 232 g/mol. The van der Waals surface area contributed by atoms with E-state index in [1.54, 1.807) is 0 Å². The highest BCUT2D eigenvalue weighted by atomic mass is 14.4. The molecule has 0 radical (unpaired) electrons. The third-order valence-corrected chi connectivity index (χ3v) is 4.45. The molecule has 88 valence electrons. The maximum atomic E-state index is 2.36. The molecule has 0 fully saturated rings. The van der Waals surface area contributed by atoms with Crippen molar-refractivity contribution in [1.29, 1.82) is 0 Å². The van der Waals surface area contributed by atoms with Gasteiger partial charge in [-0.15, -0.1) is 0 Å². The van der Waals surface area contributed by atoms with Gasteiger partial charge in [-0.3, -0.25) is 0 Å². The van der Waals surface area contributed by atoms with Gasteiger partial charge in [-0.05, 0) is 39.6 Å². The van der Waals surface area contributed by atoms with Gasteiger partial charge in [-0.2, -0.15) is 0 Å². The second-order valence-electron chi connectivity index (χ2n) is 6.00. The summed E-state index contributed by atoms with van der Waals surface area (Å²) in [5.74, 6) is 0. The van der Waals surface area contributed by atoms with Crippen LogP contribution in [0.25, 0.3) is 21.5 Å². The molecule has 4 rings (SSSR count). The first-order chi connectivity index (χ1) is 8.59. The van der Waals surface area contributed by atoms with Gasteiger partial charge in [-0.1, -0.05) is 61.9 Å². The van der Waals surface area contributed by atoms with Gasteiger partial charge in [0, 0.05) is 5.41 Å². The van der Waals surface area contributed by atoms with E-state index in [0.717, 1.165) is 0 Å². The van der Waals surface area contributed by atoms with Gasteiger partial charge in [0.1, 0.15) is 0 Å². The summed E-state index contributed by atoms with van der Waals surface area (Å²) >= 11 is 0. The van der Waals surface area contributed by atoms with Gasteiger partial charge >= 0.3 is 0 Å². The minimum Gasteiger partial charge on any atom is -0.0613 e. The highest BCUT2D eigenvalue weighted by Gasteiger charge is 2.33. The second kappa shape index (κ2) is 2.95. The molecule has 18 heavy (non-hydrogen) atoms. The molecule has 3 aromatic rings. The van der Waals surface area contributed by atoms with E-state index in [-0.39, 0.29) is 5.41 Å². The zero-order chi connectivity index (χ0) is 12.5. The summed E-state index contributed by atoms with van der Waals surface area (Å²) in [6.45, 7) is 6.88. The summed E-state index contributed by atoms with van der Waals surface area (Å²) in [5.41, 5.74) is 4.46. The Hall–Kier alpha value is -1.82. The van der Waals surface area contributed by atoms with E-state index < -0.39 is 0 Å². The van der Waals surface area contributed by atoms with Crippen LogP contribution >= 0.6 is 0 Å². The van der Waals surface area contributed by atoms with E-state index in [4.69, 9.17) is 0 Å². The maximum Gasteiger partial charge on any atom is 0.0159 e. The van der Waals surface area contributed by atoms with Crippen LogP contribution in [-0.2, 0) is 5.41 Å². The maximum absolute atomic E-state index is 2.36. The lowest BCUT2D eigenvalue weighted by Gasteiger charge is -2.22. The van der Waals surface area contributed by atoms with Gasteiger partial charge in [0.25, 0.3) is 0 Å². The minimum atomic E-state index is 0.132. The molecule has 1 aliphatic carbocycles. The normalized spacial score (nSPS) is 15.9. The van der Waals surface area contributed by atoms with E-state index in [2.05, 4.69) is 63.2 Å². The van der Waals surface area contributed by atoms with Crippen LogP contribution in [0.3, 0.4) is 0 Å². The van der Waals surface area contributed by atoms with Gasteiger partial charge in [-0.25, -0.2) is 0 Å². The van der Waals surface area contributed by atoms with Crippen molar-refractivity contribution in [2.24, 2.45) is 0 Å². The van der Waals surface area contributed by atoms with E-state index >= 15 is 0 Å². The fourth-order valence-electron chi connectivity index (χ4n) is 3.55. The van der Waals surface area contributed by atoms with Gasteiger partial charge in [0.2, 0.25) is 0 Å². The Kier molecular flexibility index (Phi) is 1.66. The Morgan fingerprint density at radius 1 is 0.778 bits per heavy atom. The summed E-state index contributed by atoms with van der Waals surface area (Å²) in [5, 5.41) is 5.69. The van der Waals surface area contributed by atoms with Crippen molar-refractivity contribution in [3.63, 3.8) is 0 Å². The third kappa shape index (κ3) is 1.02. The molecule has 0 atom stereocenters. The Balaban J connectivity index is 2.38. The predicted octanol–water partition coefficient (Wildman–Crippen LogP) is 4.94. The standard InChI is InChI=1S/C18H16/c1-11-9-13-8-7-12-5-4-6-14-16(12)17(13)15(10-11)18(14,2)3/h4-10H,1-3H3. The fraction of sp³-hybridized carbons (Fsp3) is 0.222. The largest absolute Gasteiger partial charge is 0.0613 e. The number of benzene rings is 3. The smallest absolute Gasteiger partial charge is 0.0159 e. The molecule has 0 amide bonds. The van der Waals surface area contributed by atoms with Crippen LogP contribution in [-0.4, -0.2) is 0 Å². The van der Waals surface area contributed by atoms with Crippen molar-refractivity contribution in [3.8, 4) is 0 Å². The molecule has 3 aromatic carbocycles. The van der Waals surface area contributed by atoms with Crippen molar-refractivity contribution in [2.75, 3.05) is 0 Å². The van der Waals surface area contributed by atoms with Crippen LogP contribution in [0.2, 0.25) is 0 Å². The zero-order valence-corrected chi connectivity index (χ0v) is 11.0. The van der Waals surface area contributed by atoms with Crippen LogP contribution in [0.15, 0.2) is 42.5 Å². The van der Waals surface area contributed by atoms with Crippen molar-refractivity contribution in [1.82, 2.24) is 0 Å². The first-order valence-corrected chi connectivity index (χ1v) is 6.56. The number of hydrogen-bond acceptors (Lipinski definition) is 0. The monoisotopic (exact) mass is 232 g/mol. The lowest BCUT2D eigenvalue weighted by atomic mass is 9.81. The molecule has 0 aromatic heterocycles. The lowest BCUT2D eigenvalue weighted by molar-refractivity contribution is 0.662. The number of hydrogen-bond donors (Lipinski definition) is 0. The summed E-state index contributed by atoms with van der Waals surface area (Å²) in [7, 11) is 0. The molecule has 0 spiro atoms. The topological polar surface area (TPSA) is 0 Å². The highest BCUT2D eigenvalue weighted by molar-refractivity contribution is 6.14. The molecular weight excluding hydrogens is 216 g/mol. The van der Waals surface area contributed by atoms with Gasteiger partial charge in [0.15, 0.2) is 0 Å². The first kappa shape index (κ1) is 10.1. The summed E-state index contributed by atoms with van der Waals surface area (Å²) in [6, 6.07) is 15.9. The minimum absolute atomic E-state index is 0.132. The van der Waals surface area contributed by atoms with E-state index in [9.17, 15) is 0 Å². The molecule has 0 saturated carbocycles. The Morgan fingerprint density at radius 2 is 1.50 bits per heavy atom. The molecule has 1 aliphatic rings. The molecule has 0 aliphatic heterocycles. The van der Waals surface area contributed by atoms with E-state index in [1.807, 2.05) is 0 Å². The zero-order valence-electron chi connectivity index (χ0n) is 11.0. The number of aryl methyl sites for hydroxylation is 1. The van der Waals surface area contributed by atoms with Crippen LogP contribution in [0, 0.1) is 6.92 Å². The van der Waals surface area contributed by atoms with E-state index in [0.29, 0.717) is 0 Å². The quantitative estimate of drug-likeness (QED) is 0.481. The van der Waals surface area contributed by atoms with Crippen molar-refractivity contribution >= 4 is 21.5 Å². The van der Waals surface area contributed by atoms with Crippen molar-refractivity contribution < 1.29 is 0 Å². The Bertz CT molecular complexity index is 807. The first-order valence-electron chi connectivity index (χ1n) is 6.56. The molecule has 0 heteroatoms. The summed E-state index contributed by atoms with van der Waals surface area (Å²) in [4.78, 5) is 0.